The molecule has 9 nitrogen and oxygen atoms in total. The summed E-state index contributed by atoms with van der Waals surface area (Å²) >= 11 is 8.35. The number of rotatable bonds is 9. The molecule has 2 aromatic carbocycles. The molecule has 33 heavy (non-hydrogen) atoms. The Morgan fingerprint density at radius 3 is 2.39 bits per heavy atom. The highest BCUT2D eigenvalue weighted by molar-refractivity contribution is 9.10. The molecule has 0 atom stereocenters. The van der Waals surface area contributed by atoms with Gasteiger partial charge in [-0.05, 0) is 68.0 Å². The second-order valence-corrected chi connectivity index (χ2v) is 7.80. The van der Waals surface area contributed by atoms with Crippen LogP contribution in [-0.4, -0.2) is 42.7 Å². The number of thiocarbonyl (C=S) groups is 1. The molecule has 0 fully saturated rings. The molecular formula is C22H24BrN3O6S. The molecule has 0 radical (unpaired) electrons. The molecule has 0 saturated carbocycles. The fourth-order valence-corrected chi connectivity index (χ4v) is 2.94. The molecular weight excluding hydrogens is 514 g/mol. The van der Waals surface area contributed by atoms with Gasteiger partial charge in [0, 0.05) is 4.47 Å². The predicted octanol–water partition coefficient (Wildman–Crippen LogP) is 3.13. The quantitative estimate of drug-likeness (QED) is 0.254. The number of esters is 1. The molecule has 176 valence electrons. The van der Waals surface area contributed by atoms with Gasteiger partial charge in [0.2, 0.25) is 0 Å². The third-order valence-electron chi connectivity index (χ3n) is 3.93. The highest BCUT2D eigenvalue weighted by atomic mass is 79.9. The summed E-state index contributed by atoms with van der Waals surface area (Å²) in [5.41, 5.74) is 5.44. The van der Waals surface area contributed by atoms with Gasteiger partial charge in [0.1, 0.15) is 11.5 Å². The minimum absolute atomic E-state index is 0.106. The average Bonchev–Trinajstić information content (AvgIpc) is 2.81. The van der Waals surface area contributed by atoms with Crippen LogP contribution in [0.5, 0.6) is 11.5 Å². The van der Waals surface area contributed by atoms with Crippen molar-refractivity contribution in [2.45, 2.75) is 20.3 Å². The van der Waals surface area contributed by atoms with E-state index in [4.69, 9.17) is 26.4 Å². The third-order valence-corrected chi connectivity index (χ3v) is 4.62. The lowest BCUT2D eigenvalue weighted by Crippen LogP contribution is -2.49. The van der Waals surface area contributed by atoms with Gasteiger partial charge in [-0.25, -0.2) is 4.79 Å². The van der Waals surface area contributed by atoms with Crippen molar-refractivity contribution in [3.63, 3.8) is 0 Å². The number of benzene rings is 2. The summed E-state index contributed by atoms with van der Waals surface area (Å²) in [5, 5.41) is 2.36. The molecule has 0 spiro atoms. The first-order valence-corrected chi connectivity index (χ1v) is 11.3. The first-order valence-electron chi connectivity index (χ1n) is 10.1. The van der Waals surface area contributed by atoms with Crippen molar-refractivity contribution in [1.82, 2.24) is 16.2 Å². The van der Waals surface area contributed by atoms with Gasteiger partial charge in [-0.1, -0.05) is 22.9 Å². The molecule has 2 aromatic rings. The fraction of sp³-hybridized carbons (Fsp3) is 0.273. The molecule has 0 bridgehead atoms. The van der Waals surface area contributed by atoms with E-state index < -0.39 is 17.8 Å². The number of hydrazine groups is 1. The Bertz CT molecular complexity index is 1000. The van der Waals surface area contributed by atoms with Crippen molar-refractivity contribution in [1.29, 1.82) is 0 Å². The zero-order chi connectivity index (χ0) is 24.2. The maximum atomic E-state index is 12.5. The van der Waals surface area contributed by atoms with Crippen LogP contribution in [0.1, 0.15) is 41.0 Å². The summed E-state index contributed by atoms with van der Waals surface area (Å²) in [5.74, 6) is -0.651. The van der Waals surface area contributed by atoms with E-state index in [-0.39, 0.29) is 17.3 Å². The van der Waals surface area contributed by atoms with Gasteiger partial charge >= 0.3 is 5.97 Å². The minimum atomic E-state index is -0.532. The maximum Gasteiger partial charge on any atom is 0.338 e. The number of ether oxygens (including phenoxy) is 3. The van der Waals surface area contributed by atoms with E-state index in [9.17, 15) is 14.4 Å². The van der Waals surface area contributed by atoms with E-state index in [1.165, 1.54) is 0 Å². The number of carbonyl (C=O) groups is 3. The van der Waals surface area contributed by atoms with Crippen LogP contribution in [0.2, 0.25) is 0 Å². The third kappa shape index (κ3) is 8.70. The van der Waals surface area contributed by atoms with E-state index in [2.05, 4.69) is 32.1 Å². The molecule has 2 amide bonds. The second kappa shape index (κ2) is 13.4. The van der Waals surface area contributed by atoms with Crippen molar-refractivity contribution in [2.24, 2.45) is 0 Å². The monoisotopic (exact) mass is 537 g/mol. The lowest BCUT2D eigenvalue weighted by atomic mass is 10.2. The topological polar surface area (TPSA) is 115 Å². The molecule has 2 rings (SSSR count). The fourth-order valence-electron chi connectivity index (χ4n) is 2.44. The summed E-state index contributed by atoms with van der Waals surface area (Å²) in [6.45, 7) is 4.15. The van der Waals surface area contributed by atoms with Gasteiger partial charge in [0.15, 0.2) is 11.7 Å². The zero-order valence-electron chi connectivity index (χ0n) is 18.1. The largest absolute Gasteiger partial charge is 0.493 e. The van der Waals surface area contributed by atoms with Gasteiger partial charge in [-0.3, -0.25) is 25.8 Å². The molecule has 0 heterocycles. The highest BCUT2D eigenvalue weighted by Gasteiger charge is 2.15. The molecule has 11 heteroatoms. The second-order valence-electron chi connectivity index (χ2n) is 6.48. The van der Waals surface area contributed by atoms with Crippen molar-refractivity contribution >= 4 is 51.0 Å². The molecule has 0 aliphatic carbocycles. The van der Waals surface area contributed by atoms with E-state index in [0.29, 0.717) is 34.7 Å². The van der Waals surface area contributed by atoms with Crippen molar-refractivity contribution < 1.29 is 28.6 Å². The SMILES string of the molecule is CCCOC(=O)c1ccc(OCC(=O)NNC(=S)NC(=O)c2cc(Br)ccc2OCC)cc1. The van der Waals surface area contributed by atoms with Crippen molar-refractivity contribution in [2.75, 3.05) is 19.8 Å². The summed E-state index contributed by atoms with van der Waals surface area (Å²) < 4.78 is 16.6. The molecule has 3 N–H and O–H groups in total. The minimum Gasteiger partial charge on any atom is -0.493 e. The molecule has 0 saturated heterocycles. The van der Waals surface area contributed by atoms with Crippen LogP contribution in [0.4, 0.5) is 0 Å². The van der Waals surface area contributed by atoms with Crippen LogP contribution in [0.25, 0.3) is 0 Å². The summed E-state index contributed by atoms with van der Waals surface area (Å²) in [7, 11) is 0. The zero-order valence-corrected chi connectivity index (χ0v) is 20.5. The maximum absolute atomic E-state index is 12.5. The van der Waals surface area contributed by atoms with Crippen LogP contribution in [0.15, 0.2) is 46.9 Å². The van der Waals surface area contributed by atoms with E-state index >= 15 is 0 Å². The Hall–Kier alpha value is -3.18. The van der Waals surface area contributed by atoms with E-state index in [1.54, 1.807) is 42.5 Å². The molecule has 0 aliphatic rings. The standard InChI is InChI=1S/C22H24BrN3O6S/c1-3-11-31-21(29)14-5-8-16(9-6-14)32-13-19(27)25-26-22(33)24-20(28)17-12-15(23)7-10-18(17)30-4-2/h5-10,12H,3-4,11,13H2,1-2H3,(H,25,27)(H2,24,26,28,33). The van der Waals surface area contributed by atoms with Gasteiger partial charge in [-0.15, -0.1) is 0 Å². The molecule has 0 aliphatic heterocycles. The highest BCUT2D eigenvalue weighted by Crippen LogP contribution is 2.23. The van der Waals surface area contributed by atoms with Crippen LogP contribution < -0.4 is 25.6 Å². The Balaban J connectivity index is 1.78. The van der Waals surface area contributed by atoms with Crippen LogP contribution in [0, 0.1) is 0 Å². The van der Waals surface area contributed by atoms with Crippen molar-refractivity contribution in [3.8, 4) is 11.5 Å². The first kappa shape index (κ1) is 26.1. The summed E-state index contributed by atoms with van der Waals surface area (Å²) in [6, 6.07) is 11.2. The molecule has 0 aromatic heterocycles. The molecule has 0 unspecified atom stereocenters. The summed E-state index contributed by atoms with van der Waals surface area (Å²) in [6.07, 6.45) is 0.738. The summed E-state index contributed by atoms with van der Waals surface area (Å²) in [4.78, 5) is 36.2. The number of hydrogen-bond donors (Lipinski definition) is 3. The van der Waals surface area contributed by atoms with Crippen LogP contribution >= 0.6 is 28.1 Å². The Kier molecular flexibility index (Phi) is 10.6. The Labute approximate surface area is 205 Å². The normalized spacial score (nSPS) is 10.0. The van der Waals surface area contributed by atoms with E-state index in [1.807, 2.05) is 13.8 Å². The number of carbonyl (C=O) groups excluding carboxylic acids is 3. The van der Waals surface area contributed by atoms with Crippen LogP contribution in [0.3, 0.4) is 0 Å². The number of nitrogens with one attached hydrogen (secondary N) is 3. The van der Waals surface area contributed by atoms with E-state index in [0.717, 1.165) is 6.42 Å². The number of hydrogen-bond acceptors (Lipinski definition) is 7. The van der Waals surface area contributed by atoms with Gasteiger partial charge in [0.05, 0.1) is 24.3 Å². The van der Waals surface area contributed by atoms with Gasteiger partial charge in [0.25, 0.3) is 11.8 Å². The Morgan fingerprint density at radius 2 is 1.73 bits per heavy atom. The van der Waals surface area contributed by atoms with Crippen molar-refractivity contribution in [3.05, 3.63) is 58.1 Å². The van der Waals surface area contributed by atoms with Crippen LogP contribution in [-0.2, 0) is 9.53 Å². The first-order chi connectivity index (χ1) is 15.8. The predicted molar refractivity (Wildman–Crippen MR) is 129 cm³/mol. The lowest BCUT2D eigenvalue weighted by Gasteiger charge is -2.13. The smallest absolute Gasteiger partial charge is 0.338 e. The van der Waals surface area contributed by atoms with Gasteiger partial charge in [-0.2, -0.15) is 0 Å². The average molecular weight is 538 g/mol. The number of halogens is 1. The number of amides is 2. The Morgan fingerprint density at radius 1 is 1.00 bits per heavy atom. The van der Waals surface area contributed by atoms with Gasteiger partial charge < -0.3 is 14.2 Å². The lowest BCUT2D eigenvalue weighted by molar-refractivity contribution is -0.123.